The van der Waals surface area contributed by atoms with Crippen LogP contribution in [0.15, 0.2) is 6.07 Å². The first-order chi connectivity index (χ1) is 10.1. The van der Waals surface area contributed by atoms with Gasteiger partial charge in [0.2, 0.25) is 5.91 Å². The highest BCUT2D eigenvalue weighted by atomic mass is 32.1. The van der Waals surface area contributed by atoms with E-state index in [1.54, 1.807) is 18.3 Å². The van der Waals surface area contributed by atoms with E-state index in [2.05, 4.69) is 5.32 Å². The molecule has 1 N–H and O–H groups in total. The average molecular weight is 308 g/mol. The van der Waals surface area contributed by atoms with Gasteiger partial charge in [0.15, 0.2) is 0 Å². The van der Waals surface area contributed by atoms with Gasteiger partial charge in [0.1, 0.15) is 0 Å². The summed E-state index contributed by atoms with van der Waals surface area (Å²) in [4.78, 5) is 27.4. The Balaban J connectivity index is 1.61. The molecule has 1 aromatic heterocycles. The maximum absolute atomic E-state index is 12.2. The van der Waals surface area contributed by atoms with E-state index < -0.39 is 0 Å². The molecule has 3 heterocycles. The smallest absolute Gasteiger partial charge is 0.261 e. The van der Waals surface area contributed by atoms with Crippen molar-refractivity contribution in [1.82, 2.24) is 10.2 Å². The standard InChI is InChI=1S/C15H20N2O3S/c1-10(18)17-5-4-13-11(9-17)7-14(21-13)15(19)16-8-12-3-2-6-20-12/h7,12H,2-6,8-9H2,1H3,(H,16,19). The summed E-state index contributed by atoms with van der Waals surface area (Å²) in [6.45, 7) is 4.35. The Bertz CT molecular complexity index is 549. The van der Waals surface area contributed by atoms with Crippen LogP contribution < -0.4 is 5.32 Å². The van der Waals surface area contributed by atoms with E-state index in [1.165, 1.54) is 4.88 Å². The van der Waals surface area contributed by atoms with E-state index >= 15 is 0 Å². The molecule has 6 heteroatoms. The first-order valence-corrected chi connectivity index (χ1v) is 8.22. The van der Waals surface area contributed by atoms with Gasteiger partial charge in [-0.3, -0.25) is 9.59 Å². The number of nitrogens with zero attached hydrogens (tertiary/aromatic N) is 1. The van der Waals surface area contributed by atoms with Gasteiger partial charge in [0.05, 0.1) is 11.0 Å². The van der Waals surface area contributed by atoms with Gasteiger partial charge in [-0.05, 0) is 30.9 Å². The zero-order valence-corrected chi connectivity index (χ0v) is 13.0. The monoisotopic (exact) mass is 308 g/mol. The van der Waals surface area contributed by atoms with Crippen LogP contribution in [0.2, 0.25) is 0 Å². The lowest BCUT2D eigenvalue weighted by atomic mass is 10.1. The Kier molecular flexibility index (Phi) is 4.26. The molecule has 0 aromatic carbocycles. The van der Waals surface area contributed by atoms with Gasteiger partial charge in [-0.2, -0.15) is 0 Å². The van der Waals surface area contributed by atoms with Gasteiger partial charge in [-0.15, -0.1) is 11.3 Å². The van der Waals surface area contributed by atoms with E-state index in [0.29, 0.717) is 13.1 Å². The zero-order valence-electron chi connectivity index (χ0n) is 12.2. The summed E-state index contributed by atoms with van der Waals surface area (Å²) in [5, 5.41) is 2.95. The molecule has 0 aliphatic carbocycles. The summed E-state index contributed by atoms with van der Waals surface area (Å²) in [5.41, 5.74) is 1.11. The molecule has 1 aromatic rings. The van der Waals surface area contributed by atoms with Crippen LogP contribution in [-0.4, -0.2) is 42.5 Å². The molecule has 1 atom stereocenters. The second-order valence-electron chi connectivity index (χ2n) is 5.59. The predicted octanol–water partition coefficient (Wildman–Crippen LogP) is 1.56. The van der Waals surface area contributed by atoms with Crippen molar-refractivity contribution in [2.45, 2.75) is 38.8 Å². The summed E-state index contributed by atoms with van der Waals surface area (Å²) >= 11 is 1.55. The zero-order chi connectivity index (χ0) is 14.8. The molecular weight excluding hydrogens is 288 g/mol. The molecule has 0 saturated carbocycles. The molecule has 0 spiro atoms. The second kappa shape index (κ2) is 6.15. The van der Waals surface area contributed by atoms with Crippen LogP contribution in [0.4, 0.5) is 0 Å². The highest BCUT2D eigenvalue weighted by Gasteiger charge is 2.23. The van der Waals surface area contributed by atoms with Crippen molar-refractivity contribution >= 4 is 23.2 Å². The van der Waals surface area contributed by atoms with E-state index in [4.69, 9.17) is 4.74 Å². The van der Waals surface area contributed by atoms with E-state index in [1.807, 2.05) is 11.0 Å². The Hall–Kier alpha value is -1.40. The minimum absolute atomic E-state index is 0.0284. The molecule has 21 heavy (non-hydrogen) atoms. The summed E-state index contributed by atoms with van der Waals surface area (Å²) in [5.74, 6) is 0.0653. The number of hydrogen-bond donors (Lipinski definition) is 1. The van der Waals surface area contributed by atoms with Crippen LogP contribution >= 0.6 is 11.3 Å². The number of thiophene rings is 1. The van der Waals surface area contributed by atoms with Crippen LogP contribution in [0.3, 0.4) is 0 Å². The number of carbonyl (C=O) groups excluding carboxylic acids is 2. The van der Waals surface area contributed by atoms with Gasteiger partial charge in [0, 0.05) is 38.0 Å². The minimum atomic E-state index is -0.0284. The summed E-state index contributed by atoms with van der Waals surface area (Å²) < 4.78 is 5.51. The molecule has 1 fully saturated rings. The maximum Gasteiger partial charge on any atom is 0.261 e. The Morgan fingerprint density at radius 2 is 2.38 bits per heavy atom. The SMILES string of the molecule is CC(=O)N1CCc2sc(C(=O)NCC3CCCO3)cc2C1. The third kappa shape index (κ3) is 3.27. The van der Waals surface area contributed by atoms with Crippen molar-refractivity contribution in [2.24, 2.45) is 0 Å². The van der Waals surface area contributed by atoms with Gasteiger partial charge >= 0.3 is 0 Å². The molecule has 0 radical (unpaired) electrons. The Labute approximate surface area is 128 Å². The highest BCUT2D eigenvalue weighted by molar-refractivity contribution is 7.14. The Morgan fingerprint density at radius 3 is 3.10 bits per heavy atom. The van der Waals surface area contributed by atoms with Crippen LogP contribution in [0.5, 0.6) is 0 Å². The number of hydrogen-bond acceptors (Lipinski definition) is 4. The summed E-state index contributed by atoms with van der Waals surface area (Å²) in [7, 11) is 0. The van der Waals surface area contributed by atoms with E-state index in [9.17, 15) is 9.59 Å². The van der Waals surface area contributed by atoms with E-state index in [0.717, 1.165) is 42.9 Å². The fraction of sp³-hybridized carbons (Fsp3) is 0.600. The van der Waals surface area contributed by atoms with Crippen LogP contribution in [0.1, 0.15) is 39.9 Å². The fourth-order valence-electron chi connectivity index (χ4n) is 2.81. The van der Waals surface area contributed by atoms with Crippen molar-refractivity contribution in [2.75, 3.05) is 19.7 Å². The van der Waals surface area contributed by atoms with Crippen LogP contribution in [0, 0.1) is 0 Å². The van der Waals surface area contributed by atoms with Gasteiger partial charge in [0.25, 0.3) is 5.91 Å². The van der Waals surface area contributed by atoms with Gasteiger partial charge in [-0.25, -0.2) is 0 Å². The van der Waals surface area contributed by atoms with Crippen LogP contribution in [0.25, 0.3) is 0 Å². The molecule has 5 nitrogen and oxygen atoms in total. The molecule has 0 bridgehead atoms. The van der Waals surface area contributed by atoms with Crippen molar-refractivity contribution < 1.29 is 14.3 Å². The van der Waals surface area contributed by atoms with Gasteiger partial charge < -0.3 is 15.0 Å². The third-order valence-electron chi connectivity index (χ3n) is 4.05. The molecule has 1 saturated heterocycles. The largest absolute Gasteiger partial charge is 0.376 e. The number of fused-ring (bicyclic) bond motifs is 1. The number of carbonyl (C=O) groups is 2. The fourth-order valence-corrected chi connectivity index (χ4v) is 3.89. The molecule has 2 aliphatic heterocycles. The molecule has 114 valence electrons. The molecule has 1 unspecified atom stereocenters. The lowest BCUT2D eigenvalue weighted by Crippen LogP contribution is -2.33. The van der Waals surface area contributed by atoms with Gasteiger partial charge in [-0.1, -0.05) is 0 Å². The topological polar surface area (TPSA) is 58.6 Å². The maximum atomic E-state index is 12.2. The number of ether oxygens (including phenoxy) is 1. The average Bonchev–Trinajstić information content (AvgIpc) is 3.12. The minimum Gasteiger partial charge on any atom is -0.376 e. The third-order valence-corrected chi connectivity index (χ3v) is 5.29. The van der Waals surface area contributed by atoms with Crippen molar-refractivity contribution in [3.63, 3.8) is 0 Å². The first kappa shape index (κ1) is 14.5. The van der Waals surface area contributed by atoms with E-state index in [-0.39, 0.29) is 17.9 Å². The quantitative estimate of drug-likeness (QED) is 0.922. The van der Waals surface area contributed by atoms with Crippen molar-refractivity contribution in [1.29, 1.82) is 0 Å². The normalized spacial score (nSPS) is 21.2. The molecular formula is C15H20N2O3S. The van der Waals surface area contributed by atoms with Crippen molar-refractivity contribution in [3.8, 4) is 0 Å². The number of rotatable bonds is 3. The van der Waals surface area contributed by atoms with Crippen LogP contribution in [-0.2, 0) is 22.5 Å². The second-order valence-corrected chi connectivity index (χ2v) is 6.73. The highest BCUT2D eigenvalue weighted by Crippen LogP contribution is 2.28. The summed E-state index contributed by atoms with van der Waals surface area (Å²) in [6, 6.07) is 1.93. The lowest BCUT2D eigenvalue weighted by molar-refractivity contribution is -0.129. The predicted molar refractivity (Wildman–Crippen MR) is 80.4 cm³/mol. The summed E-state index contributed by atoms with van der Waals surface area (Å²) in [6.07, 6.45) is 3.11. The number of amides is 2. The molecule has 2 aliphatic rings. The Morgan fingerprint density at radius 1 is 1.52 bits per heavy atom. The molecule has 2 amide bonds. The number of nitrogens with one attached hydrogen (secondary N) is 1. The lowest BCUT2D eigenvalue weighted by Gasteiger charge is -2.25. The first-order valence-electron chi connectivity index (χ1n) is 7.40. The van der Waals surface area contributed by atoms with Crippen molar-refractivity contribution in [3.05, 3.63) is 21.4 Å². The molecule has 3 rings (SSSR count).